The van der Waals surface area contributed by atoms with E-state index in [1.54, 1.807) is 92.7 Å². The van der Waals surface area contributed by atoms with E-state index in [9.17, 15) is 39.3 Å². The Morgan fingerprint density at radius 2 is 1.45 bits per heavy atom. The van der Waals surface area contributed by atoms with Crippen LogP contribution in [0.3, 0.4) is 0 Å². The first-order valence-corrected chi connectivity index (χ1v) is 21.1. The van der Waals surface area contributed by atoms with Crippen LogP contribution in [0, 0.1) is 16.2 Å². The number of rotatable bonds is 10. The van der Waals surface area contributed by atoms with Crippen molar-refractivity contribution in [1.82, 2.24) is 5.32 Å². The van der Waals surface area contributed by atoms with Crippen LogP contribution in [0.25, 0.3) is 0 Å². The van der Waals surface area contributed by atoms with Gasteiger partial charge in [-0.2, -0.15) is 0 Å². The quantitative estimate of drug-likeness (QED) is 0.128. The molecule has 1 heterocycles. The van der Waals surface area contributed by atoms with Crippen molar-refractivity contribution in [3.05, 3.63) is 119 Å². The third kappa shape index (κ3) is 6.16. The maximum absolute atomic E-state index is 15.8. The number of fused-ring (bicyclic) bond motifs is 4. The molecule has 1 amide bonds. The largest absolute Gasteiger partial charge is 0.508 e. The number of carbonyl (C=O) groups is 6. The molecule has 1 aliphatic heterocycles. The van der Waals surface area contributed by atoms with E-state index < -0.39 is 118 Å². The highest BCUT2D eigenvalue weighted by atomic mass is 16.8. The normalized spacial score (nSPS) is 34.0. The third-order valence-electron chi connectivity index (χ3n) is 14.9. The smallest absolute Gasteiger partial charge is 0.456 e. The molecule has 3 aromatic carbocycles. The Bertz CT molecular complexity index is 2420. The molecular weight excluding hydrogens is 831 g/mol. The first-order valence-electron chi connectivity index (χ1n) is 21.1. The molecular formula is C48H51NO15. The number of ketones is 1. The molecule has 1 saturated heterocycles. The molecule has 3 saturated carbocycles. The molecule has 0 aromatic heterocycles. The number of carbonyl (C=O) groups excluding carboxylic acids is 6. The number of methoxy groups -OCH3 is 1. The van der Waals surface area contributed by atoms with Crippen LogP contribution < -0.4 is 5.32 Å². The van der Waals surface area contributed by atoms with E-state index >= 15 is 4.79 Å². The van der Waals surface area contributed by atoms with Gasteiger partial charge in [0.25, 0.3) is 5.91 Å². The fourth-order valence-corrected chi connectivity index (χ4v) is 11.6. The van der Waals surface area contributed by atoms with Gasteiger partial charge in [0.1, 0.15) is 17.8 Å². The molecule has 4 N–H and O–H groups in total. The van der Waals surface area contributed by atoms with E-state index in [-0.39, 0.29) is 35.3 Å². The Hall–Kier alpha value is -5.94. The van der Waals surface area contributed by atoms with Crippen LogP contribution in [-0.2, 0) is 42.8 Å². The van der Waals surface area contributed by atoms with Gasteiger partial charge >= 0.3 is 24.1 Å². The standard InChI is InChI=1S/C48H51NO15/c1-26-31(62-41(56)36(52)35(28-16-10-7-11-17-28)49-39(54)29-18-12-8-13-19-29)23-47(58)43(3,4)34(26)37(61-27(2)50)38(53)44(5)32(51)22-33-45(25-60-33,64-42(57)59-6)46(44)24-48(46,47)63-40(55)30-20-14-9-15-21-30/h7-21,31-33,35-37,51-52,58H,22-25H2,1-6H3,(H,49,54)/t31?,32-,33+,35-,36+,37+,44-,45-,46-,47-,48?/m0/s1. The number of nitrogens with one attached hydrogen (secondary N) is 1. The van der Waals surface area contributed by atoms with E-state index in [1.807, 2.05) is 0 Å². The van der Waals surface area contributed by atoms with Gasteiger partial charge in [-0.05, 0) is 54.8 Å². The molecule has 4 aliphatic carbocycles. The molecule has 11 atom stereocenters. The Balaban J connectivity index is 1.30. The molecule has 2 bridgehead atoms. The van der Waals surface area contributed by atoms with Crippen molar-refractivity contribution >= 4 is 35.8 Å². The number of ether oxygens (including phenoxy) is 6. The summed E-state index contributed by atoms with van der Waals surface area (Å²) in [6, 6.07) is 22.9. The summed E-state index contributed by atoms with van der Waals surface area (Å²) in [5.41, 5.74) is -11.6. The minimum atomic E-state index is -2.43. The zero-order valence-corrected chi connectivity index (χ0v) is 36.2. The van der Waals surface area contributed by atoms with Gasteiger partial charge in [-0.1, -0.05) is 80.6 Å². The summed E-state index contributed by atoms with van der Waals surface area (Å²) in [7, 11) is 1.08. The summed E-state index contributed by atoms with van der Waals surface area (Å²) >= 11 is 0. The van der Waals surface area contributed by atoms with Crippen molar-refractivity contribution in [3.63, 3.8) is 0 Å². The van der Waals surface area contributed by atoms with Crippen LogP contribution >= 0.6 is 0 Å². The fourth-order valence-electron chi connectivity index (χ4n) is 11.6. The lowest BCUT2D eigenvalue weighted by molar-refractivity contribution is -0.347. The van der Waals surface area contributed by atoms with Gasteiger partial charge in [-0.3, -0.25) is 14.4 Å². The van der Waals surface area contributed by atoms with Gasteiger partial charge in [-0.15, -0.1) is 0 Å². The SMILES string of the molecule is COC(=O)O[C@@]12CO[C@@H]1C[C@H](O)[C@@]1(C)C(=O)[C@H](OC(C)=O)C3=C(C)C(OC(=O)[C@H](O)[C@@H](NC(=O)c4ccccc4)c4ccccc4)C[C@](O)(C3(C)C)C3(OC(=O)c4ccccc4)C[C@@]321. The second-order valence-corrected chi connectivity index (χ2v) is 18.1. The number of hydrogen-bond donors (Lipinski definition) is 4. The molecule has 0 radical (unpaired) electrons. The van der Waals surface area contributed by atoms with Crippen molar-refractivity contribution in [3.8, 4) is 0 Å². The average Bonchev–Trinajstić information content (AvgIpc) is 3.97. The molecule has 64 heavy (non-hydrogen) atoms. The van der Waals surface area contributed by atoms with Gasteiger partial charge in [0.15, 0.2) is 29.2 Å². The predicted octanol–water partition coefficient (Wildman–Crippen LogP) is 4.10. The number of aliphatic hydroxyl groups is 3. The second-order valence-electron chi connectivity index (χ2n) is 18.1. The molecule has 8 rings (SSSR count). The topological polar surface area (TPSA) is 231 Å². The van der Waals surface area contributed by atoms with Crippen LogP contribution in [0.2, 0.25) is 0 Å². The molecule has 1 spiro atoms. The van der Waals surface area contributed by atoms with E-state index in [4.69, 9.17) is 28.4 Å². The first kappa shape index (κ1) is 44.7. The average molecular weight is 882 g/mol. The monoisotopic (exact) mass is 881 g/mol. The van der Waals surface area contributed by atoms with Crippen molar-refractivity contribution in [2.45, 2.75) is 107 Å². The van der Waals surface area contributed by atoms with Crippen molar-refractivity contribution in [1.29, 1.82) is 0 Å². The van der Waals surface area contributed by atoms with Crippen molar-refractivity contribution < 1.29 is 72.5 Å². The number of esters is 3. The molecule has 2 unspecified atom stereocenters. The summed E-state index contributed by atoms with van der Waals surface area (Å²) < 4.78 is 35.7. The van der Waals surface area contributed by atoms with E-state index in [0.29, 0.717) is 5.56 Å². The number of benzene rings is 3. The van der Waals surface area contributed by atoms with Crippen molar-refractivity contribution in [2.24, 2.45) is 16.2 Å². The van der Waals surface area contributed by atoms with Crippen LogP contribution in [0.1, 0.15) is 86.2 Å². The summed E-state index contributed by atoms with van der Waals surface area (Å²) in [6.07, 6.45) is -10.5. The van der Waals surface area contributed by atoms with E-state index in [0.717, 1.165) is 14.0 Å². The predicted molar refractivity (Wildman–Crippen MR) is 222 cm³/mol. The molecule has 4 fully saturated rings. The van der Waals surface area contributed by atoms with Gasteiger partial charge in [0, 0.05) is 37.2 Å². The Labute approximate surface area is 368 Å². The Morgan fingerprint density at radius 1 is 0.859 bits per heavy atom. The number of amides is 1. The minimum absolute atomic E-state index is 0.00953. The fraction of sp³-hybridized carbons (Fsp3) is 0.458. The minimum Gasteiger partial charge on any atom is -0.456 e. The number of aliphatic hydroxyl groups excluding tert-OH is 2. The highest BCUT2D eigenvalue weighted by molar-refractivity contribution is 5.98. The summed E-state index contributed by atoms with van der Waals surface area (Å²) in [6.45, 7) is 6.80. The molecule has 16 heteroatoms. The molecule has 3 aromatic rings. The van der Waals surface area contributed by atoms with Gasteiger partial charge in [0.2, 0.25) is 0 Å². The second kappa shape index (κ2) is 15.6. The van der Waals surface area contributed by atoms with Crippen LogP contribution in [0.5, 0.6) is 0 Å². The summed E-state index contributed by atoms with van der Waals surface area (Å²) in [4.78, 5) is 84.6. The summed E-state index contributed by atoms with van der Waals surface area (Å²) in [5.74, 6) is -4.54. The zero-order valence-electron chi connectivity index (χ0n) is 36.2. The lowest BCUT2D eigenvalue weighted by Crippen LogP contribution is -2.82. The first-order chi connectivity index (χ1) is 30.3. The molecule has 5 aliphatic rings. The maximum Gasteiger partial charge on any atom is 0.508 e. The number of hydrogen-bond acceptors (Lipinski definition) is 15. The zero-order chi connectivity index (χ0) is 46.2. The van der Waals surface area contributed by atoms with Gasteiger partial charge in [-0.25, -0.2) is 14.4 Å². The number of Topliss-reactive ketones (excluding diaryl/α,β-unsaturated/α-hetero) is 1. The highest BCUT2D eigenvalue weighted by Gasteiger charge is 2.99. The molecule has 16 nitrogen and oxygen atoms in total. The van der Waals surface area contributed by atoms with E-state index in [2.05, 4.69) is 5.32 Å². The van der Waals surface area contributed by atoms with Crippen LogP contribution in [0.4, 0.5) is 4.79 Å². The van der Waals surface area contributed by atoms with Crippen molar-refractivity contribution in [2.75, 3.05) is 13.7 Å². The lowest BCUT2D eigenvalue weighted by Gasteiger charge is -2.67. The van der Waals surface area contributed by atoms with Crippen LogP contribution in [0.15, 0.2) is 102 Å². The Kier molecular flexibility index (Phi) is 10.9. The van der Waals surface area contributed by atoms with Gasteiger partial charge < -0.3 is 49.1 Å². The molecule has 338 valence electrons. The van der Waals surface area contributed by atoms with Crippen LogP contribution in [-0.4, -0.2) is 112 Å². The maximum atomic E-state index is 15.8. The van der Waals surface area contributed by atoms with E-state index in [1.165, 1.54) is 26.0 Å². The summed E-state index contributed by atoms with van der Waals surface area (Å²) in [5, 5.41) is 40.8. The lowest BCUT2D eigenvalue weighted by atomic mass is 9.44. The van der Waals surface area contributed by atoms with Gasteiger partial charge in [0.05, 0.1) is 42.3 Å². The Morgan fingerprint density at radius 3 is 2.02 bits per heavy atom. The third-order valence-corrected chi connectivity index (χ3v) is 14.9. The highest BCUT2D eigenvalue weighted by Crippen LogP contribution is 2.85.